The number of carbonyl (C=O) groups is 5. The number of rotatable bonds is 13. The van der Waals surface area contributed by atoms with E-state index in [1.54, 1.807) is 19.1 Å². The average Bonchev–Trinajstić information content (AvgIpc) is 3.75. The quantitative estimate of drug-likeness (QED) is 0.0993. The fourth-order valence-electron chi connectivity index (χ4n) is 7.26. The normalized spacial score (nSPS) is 16.7. The van der Waals surface area contributed by atoms with Gasteiger partial charge in [-0.05, 0) is 74.1 Å². The summed E-state index contributed by atoms with van der Waals surface area (Å²) in [5, 5.41) is 42.4. The summed E-state index contributed by atoms with van der Waals surface area (Å²) in [5.41, 5.74) is 7.28. The Bertz CT molecular complexity index is 2230. The number of nitrogens with one attached hydrogen (secondary N) is 3. The van der Waals surface area contributed by atoms with E-state index in [1.807, 2.05) is 39.8 Å². The Morgan fingerprint density at radius 2 is 1.62 bits per heavy atom. The van der Waals surface area contributed by atoms with Crippen LogP contribution >= 0.6 is 0 Å². The first-order chi connectivity index (χ1) is 24.6. The summed E-state index contributed by atoms with van der Waals surface area (Å²) in [6.45, 7) is 13.3. The Morgan fingerprint density at radius 1 is 0.942 bits per heavy atom. The molecule has 5 rings (SSSR count). The zero-order valence-electron chi connectivity index (χ0n) is 29.5. The fraction of sp³-hybridized carbons (Fsp3) is 0.342. The molecule has 8 bridgehead atoms. The van der Waals surface area contributed by atoms with Crippen LogP contribution < -0.4 is 5.32 Å². The number of carbonyl (C=O) groups excluding carboxylic acids is 1. The maximum atomic E-state index is 13.1. The van der Waals surface area contributed by atoms with Crippen LogP contribution in [0.1, 0.15) is 120 Å². The van der Waals surface area contributed by atoms with Crippen LogP contribution in [0.5, 0.6) is 0 Å². The minimum absolute atomic E-state index is 0.0309. The first-order valence-electron chi connectivity index (χ1n) is 16.8. The second kappa shape index (κ2) is 14.8. The predicted octanol–water partition coefficient (Wildman–Crippen LogP) is 6.12. The van der Waals surface area contributed by atoms with Gasteiger partial charge in [0.05, 0.1) is 40.6 Å². The molecular formula is C38H41N5O9. The van der Waals surface area contributed by atoms with Crippen LogP contribution in [0.25, 0.3) is 39.3 Å². The maximum absolute atomic E-state index is 13.1. The molecule has 4 atom stereocenters. The van der Waals surface area contributed by atoms with Gasteiger partial charge in [0.15, 0.2) is 0 Å². The Balaban J connectivity index is 2.05. The molecule has 0 radical (unpaired) electrons. The number of aryl methyl sites for hydroxylation is 2. The van der Waals surface area contributed by atoms with E-state index in [0.717, 1.165) is 27.8 Å². The molecular weight excluding hydrogens is 670 g/mol. The Hall–Kier alpha value is -5.89. The number of hydrogen-bond acceptors (Lipinski definition) is 8. The third-order valence-electron chi connectivity index (χ3n) is 10.1. The summed E-state index contributed by atoms with van der Waals surface area (Å²) in [4.78, 5) is 78.4. The number of aldehydes is 1. The number of carboxylic acid groups (broad SMARTS) is 4. The number of aromatic carboxylic acids is 1. The molecule has 0 fully saturated rings. The summed E-state index contributed by atoms with van der Waals surface area (Å²) >= 11 is 0. The molecule has 52 heavy (non-hydrogen) atoms. The van der Waals surface area contributed by atoms with Crippen LogP contribution in [0.15, 0.2) is 24.8 Å². The number of H-pyrrole nitrogens is 2. The lowest BCUT2D eigenvalue weighted by Gasteiger charge is -2.23. The van der Waals surface area contributed by atoms with Crippen molar-refractivity contribution >= 4 is 69.5 Å². The van der Waals surface area contributed by atoms with Gasteiger partial charge in [0.2, 0.25) is 0 Å². The van der Waals surface area contributed by atoms with Crippen LogP contribution in [0, 0.1) is 13.8 Å². The minimum Gasteiger partial charge on any atom is -0.481 e. The summed E-state index contributed by atoms with van der Waals surface area (Å²) in [6, 6.07) is 2.13. The molecule has 3 aromatic rings. The van der Waals surface area contributed by atoms with Gasteiger partial charge >= 0.3 is 23.9 Å². The van der Waals surface area contributed by atoms with E-state index in [1.165, 1.54) is 0 Å². The number of carboxylic acids is 4. The van der Waals surface area contributed by atoms with Crippen molar-refractivity contribution in [2.24, 2.45) is 0 Å². The van der Waals surface area contributed by atoms with Crippen LogP contribution in [0.2, 0.25) is 0 Å². The van der Waals surface area contributed by atoms with Crippen molar-refractivity contribution < 1.29 is 44.4 Å². The molecule has 272 valence electrons. The number of hydrogen-bond donors (Lipinski definition) is 7. The molecule has 0 saturated heterocycles. The van der Waals surface area contributed by atoms with E-state index in [-0.39, 0.29) is 35.2 Å². The zero-order chi connectivity index (χ0) is 38.2. The predicted molar refractivity (Wildman–Crippen MR) is 194 cm³/mol. The highest BCUT2D eigenvalue weighted by molar-refractivity contribution is 6.03. The summed E-state index contributed by atoms with van der Waals surface area (Å²) < 4.78 is 0. The van der Waals surface area contributed by atoms with Gasteiger partial charge in [-0.1, -0.05) is 26.5 Å². The van der Waals surface area contributed by atoms with Crippen LogP contribution in [-0.4, -0.2) is 76.6 Å². The number of aromatic amines is 2. The van der Waals surface area contributed by atoms with Gasteiger partial charge in [0.25, 0.3) is 0 Å². The smallest absolute Gasteiger partial charge is 0.338 e. The monoisotopic (exact) mass is 711 g/mol. The second-order valence-electron chi connectivity index (χ2n) is 13.1. The van der Waals surface area contributed by atoms with Gasteiger partial charge in [0, 0.05) is 51.6 Å². The standard InChI is InChI=1S/C38H41N5O9/c1-7-20-16(3)23-11-25-18(5)22(9-10-31(45)46)35(42-25)34(30(15-44)41-29(37(49)50)14-32(47)48)36-33(38(51)52)19(6)26(43-36)13-28-21(8-2)17(4)24(40-28)12-27(20)39-23/h7,11-13,15,18,22,29-30,39,41,43H,1,8-10,14H2,2-6H3,(H,45,46)(H,47,48)(H,49,50)(H,51,52)/t18-,22-,29-,30?/m0/s1. The van der Waals surface area contributed by atoms with Gasteiger partial charge < -0.3 is 35.2 Å². The topological polar surface area (TPSA) is 236 Å². The van der Waals surface area contributed by atoms with Gasteiger partial charge in [0.1, 0.15) is 12.3 Å². The number of aromatic nitrogens is 4. The van der Waals surface area contributed by atoms with Gasteiger partial charge in [-0.3, -0.25) is 24.7 Å². The van der Waals surface area contributed by atoms with Crippen molar-refractivity contribution in [3.05, 3.63) is 75.4 Å². The summed E-state index contributed by atoms with van der Waals surface area (Å²) in [7, 11) is 0. The van der Waals surface area contributed by atoms with Crippen molar-refractivity contribution in [3.8, 4) is 0 Å². The van der Waals surface area contributed by atoms with Crippen molar-refractivity contribution in [1.82, 2.24) is 25.3 Å². The van der Waals surface area contributed by atoms with E-state index in [0.29, 0.717) is 46.4 Å². The molecule has 5 heterocycles. The van der Waals surface area contributed by atoms with E-state index in [9.17, 15) is 44.4 Å². The molecule has 0 spiro atoms. The number of nitrogens with zero attached hydrogens (tertiary/aromatic N) is 2. The minimum atomic E-state index is -1.75. The Kier molecular flexibility index (Phi) is 10.6. The second-order valence-corrected chi connectivity index (χ2v) is 13.1. The number of aliphatic carboxylic acids is 3. The highest BCUT2D eigenvalue weighted by Gasteiger charge is 2.37. The van der Waals surface area contributed by atoms with Gasteiger partial charge in [-0.25, -0.2) is 9.78 Å². The lowest BCUT2D eigenvalue weighted by molar-refractivity contribution is -0.146. The Labute approximate surface area is 298 Å². The first kappa shape index (κ1) is 37.4. The third kappa shape index (κ3) is 6.89. The summed E-state index contributed by atoms with van der Waals surface area (Å²) in [5.74, 6) is -6.55. The van der Waals surface area contributed by atoms with Crippen molar-refractivity contribution in [2.45, 2.75) is 84.2 Å². The Morgan fingerprint density at radius 3 is 2.19 bits per heavy atom. The largest absolute Gasteiger partial charge is 0.481 e. The average molecular weight is 712 g/mol. The van der Waals surface area contributed by atoms with Crippen molar-refractivity contribution in [3.63, 3.8) is 0 Å². The fourth-order valence-corrected chi connectivity index (χ4v) is 7.26. The van der Waals surface area contributed by atoms with Crippen molar-refractivity contribution in [2.75, 3.05) is 0 Å². The molecule has 1 unspecified atom stereocenters. The molecule has 14 heteroatoms. The molecule has 0 amide bonds. The van der Waals surface area contributed by atoms with E-state index >= 15 is 0 Å². The van der Waals surface area contributed by atoms with Gasteiger partial charge in [-0.15, -0.1) is 0 Å². The van der Waals surface area contributed by atoms with Gasteiger partial charge in [-0.2, -0.15) is 0 Å². The molecule has 0 saturated carbocycles. The van der Waals surface area contributed by atoms with Crippen LogP contribution in [-0.2, 0) is 19.2 Å². The molecule has 3 aromatic heterocycles. The molecule has 7 N–H and O–H groups in total. The lowest BCUT2D eigenvalue weighted by atomic mass is 9.84. The van der Waals surface area contributed by atoms with Crippen LogP contribution in [0.4, 0.5) is 0 Å². The zero-order valence-corrected chi connectivity index (χ0v) is 29.5. The van der Waals surface area contributed by atoms with Crippen molar-refractivity contribution in [1.29, 1.82) is 0 Å². The number of fused-ring (bicyclic) bond motifs is 8. The van der Waals surface area contributed by atoms with E-state index in [2.05, 4.69) is 21.9 Å². The molecule has 0 aliphatic carbocycles. The number of allylic oxidation sites excluding steroid dienone is 2. The molecule has 2 aliphatic rings. The summed E-state index contributed by atoms with van der Waals surface area (Å²) in [6.07, 6.45) is 1.59. The van der Waals surface area contributed by atoms with E-state index in [4.69, 9.17) is 9.97 Å². The molecule has 2 aliphatic heterocycles. The van der Waals surface area contributed by atoms with Crippen LogP contribution in [0.3, 0.4) is 0 Å². The lowest BCUT2D eigenvalue weighted by Crippen LogP contribution is -2.41. The maximum Gasteiger partial charge on any atom is 0.338 e. The molecule has 0 aromatic carbocycles. The molecule has 14 nitrogen and oxygen atoms in total. The third-order valence-corrected chi connectivity index (χ3v) is 10.1. The SMILES string of the molecule is C=Cc1c(C)c2cc3nc(c(C(C=O)N[C@@H](CC(=O)O)C(=O)O)c4[nH]c(cc5nc(cc1[nH]2)C(C)=C5CC)c(C)c4C(=O)O)[C@@H](CCC(=O)O)[C@@H]3C. The van der Waals surface area contributed by atoms with E-state index < -0.39 is 54.2 Å². The highest BCUT2D eigenvalue weighted by atomic mass is 16.4. The highest BCUT2D eigenvalue weighted by Crippen LogP contribution is 2.44. The first-order valence-corrected chi connectivity index (χ1v) is 16.8.